The van der Waals surface area contributed by atoms with Gasteiger partial charge in [-0.3, -0.25) is 0 Å². The number of unbranched alkanes of at least 4 members (excludes halogenated alkanes) is 3. The van der Waals surface area contributed by atoms with Crippen LogP contribution >= 0.6 is 0 Å². The minimum absolute atomic E-state index is 0.610. The van der Waals surface area contributed by atoms with Crippen LogP contribution in [0.3, 0.4) is 0 Å². The van der Waals surface area contributed by atoms with Crippen LogP contribution in [0.25, 0.3) is 0 Å². The Balaban J connectivity index is 2.53. The Morgan fingerprint density at radius 1 is 1.25 bits per heavy atom. The topological polar surface area (TPSA) is 9.23 Å². The van der Waals surface area contributed by atoms with Crippen LogP contribution in [0.2, 0.25) is 0 Å². The molecule has 0 aliphatic carbocycles. The van der Waals surface area contributed by atoms with E-state index < -0.39 is 0 Å². The molecule has 48 valence electrons. The summed E-state index contributed by atoms with van der Waals surface area (Å²) in [5.74, 6) is 0. The summed E-state index contributed by atoms with van der Waals surface area (Å²) in [6.45, 7) is 3.24. The van der Waals surface area contributed by atoms with Gasteiger partial charge >= 0.3 is 61.7 Å². The molecule has 0 aliphatic heterocycles. The van der Waals surface area contributed by atoms with E-state index in [0.717, 1.165) is 6.61 Å². The van der Waals surface area contributed by atoms with Crippen molar-refractivity contribution in [1.29, 1.82) is 0 Å². The van der Waals surface area contributed by atoms with Crippen molar-refractivity contribution in [2.45, 2.75) is 32.6 Å². The Kier molecular flexibility index (Phi) is 8.16. The second kappa shape index (κ2) is 7.60. The second-order valence-electron chi connectivity index (χ2n) is 2.05. The van der Waals surface area contributed by atoms with Crippen LogP contribution in [0.1, 0.15) is 32.6 Å². The van der Waals surface area contributed by atoms with Crippen molar-refractivity contribution < 1.29 is 3.53 Å². The molecule has 0 fully saturated rings. The van der Waals surface area contributed by atoms with Gasteiger partial charge in [-0.25, -0.2) is 0 Å². The molecule has 0 N–H and O–H groups in total. The summed E-state index contributed by atoms with van der Waals surface area (Å²) in [4.78, 5) is 0. The Labute approximate surface area is 62.1 Å². The van der Waals surface area contributed by atoms with E-state index in [1.807, 2.05) is 0 Å². The van der Waals surface area contributed by atoms with E-state index in [9.17, 15) is 0 Å². The van der Waals surface area contributed by atoms with E-state index in [-0.39, 0.29) is 0 Å². The third kappa shape index (κ3) is 6.60. The molecule has 8 heavy (non-hydrogen) atoms. The summed E-state index contributed by atoms with van der Waals surface area (Å²) >= 11 is 0.610. The Hall–Kier alpha value is 0.596. The molecule has 2 heteroatoms. The van der Waals surface area contributed by atoms with Gasteiger partial charge in [0, 0.05) is 0 Å². The van der Waals surface area contributed by atoms with Crippen LogP contribution in [-0.2, 0) is 3.53 Å². The van der Waals surface area contributed by atoms with Gasteiger partial charge in [0.2, 0.25) is 0 Å². The van der Waals surface area contributed by atoms with Gasteiger partial charge in [0.15, 0.2) is 0 Å². The number of rotatable bonds is 5. The van der Waals surface area contributed by atoms with Gasteiger partial charge in [0.25, 0.3) is 0 Å². The van der Waals surface area contributed by atoms with Gasteiger partial charge in [0.05, 0.1) is 0 Å². The molecule has 0 aromatic heterocycles. The normalized spacial score (nSPS) is 9.62. The predicted octanol–water partition coefficient (Wildman–Crippen LogP) is 1.13. The monoisotopic (exact) mass is 172 g/mol. The first-order valence-electron chi connectivity index (χ1n) is 3.40. The van der Waals surface area contributed by atoms with E-state index in [4.69, 9.17) is 3.53 Å². The zero-order valence-corrected chi connectivity index (χ0v) is 10.1. The van der Waals surface area contributed by atoms with E-state index in [0.29, 0.717) is 19.0 Å². The number of hydrogen-bond donors (Lipinski definition) is 0. The molecule has 0 rings (SSSR count). The van der Waals surface area contributed by atoms with Gasteiger partial charge in [-0.15, -0.1) is 0 Å². The molecule has 0 amide bonds. The summed E-state index contributed by atoms with van der Waals surface area (Å²) in [6, 6.07) is 0. The molecule has 0 bridgehead atoms. The summed E-state index contributed by atoms with van der Waals surface area (Å²) in [7, 11) is 0. The maximum atomic E-state index is 5.08. The molecule has 0 saturated heterocycles. The first-order valence-corrected chi connectivity index (χ1v) is 5.12. The summed E-state index contributed by atoms with van der Waals surface area (Å²) in [5, 5.41) is 0. The van der Waals surface area contributed by atoms with Crippen molar-refractivity contribution in [3.8, 4) is 0 Å². The van der Waals surface area contributed by atoms with Crippen molar-refractivity contribution in [3.63, 3.8) is 0 Å². The molecule has 0 atom stereocenters. The van der Waals surface area contributed by atoms with E-state index in [2.05, 4.69) is 6.92 Å². The molecule has 0 unspecified atom stereocenters. The SMILES string of the molecule is CCCCCC[O][GaH2]. The molecular weight excluding hydrogens is 158 g/mol. The molecule has 1 nitrogen and oxygen atoms in total. The van der Waals surface area contributed by atoms with Gasteiger partial charge in [0.1, 0.15) is 0 Å². The molecule has 0 aromatic rings. The van der Waals surface area contributed by atoms with Crippen molar-refractivity contribution in [3.05, 3.63) is 0 Å². The summed E-state index contributed by atoms with van der Waals surface area (Å²) in [6.07, 6.45) is 5.32. The van der Waals surface area contributed by atoms with Crippen LogP contribution < -0.4 is 0 Å². The average molecular weight is 173 g/mol. The Bertz CT molecular complexity index is 33.5. The molecule has 0 aliphatic rings. The van der Waals surface area contributed by atoms with Crippen molar-refractivity contribution >= 4 is 19.0 Å². The summed E-state index contributed by atoms with van der Waals surface area (Å²) < 4.78 is 5.08. The van der Waals surface area contributed by atoms with Crippen LogP contribution in [-0.4, -0.2) is 25.6 Å². The van der Waals surface area contributed by atoms with Crippen LogP contribution in [0.15, 0.2) is 0 Å². The fraction of sp³-hybridized carbons (Fsp3) is 1.00. The standard InChI is InChI=1S/C6H13O.Ga.2H/c1-2-3-4-5-6-7;;;/h2-6H2,1H3;;;/q-1;+1;;. The fourth-order valence-corrected chi connectivity index (χ4v) is 1.28. The van der Waals surface area contributed by atoms with Gasteiger partial charge < -0.3 is 0 Å². The fourth-order valence-electron chi connectivity index (χ4n) is 0.673. The Morgan fingerprint density at radius 2 is 2.00 bits per heavy atom. The third-order valence-electron chi connectivity index (χ3n) is 1.20. The predicted molar refractivity (Wildman–Crippen MR) is 38.6 cm³/mol. The first-order chi connectivity index (χ1) is 3.91. The minimum atomic E-state index is 0.610. The molecule has 0 radical (unpaired) electrons. The Morgan fingerprint density at radius 3 is 2.50 bits per heavy atom. The zero-order valence-electron chi connectivity index (χ0n) is 5.94. The number of hydrogen-bond acceptors (Lipinski definition) is 1. The molecule has 0 spiro atoms. The molecule has 0 heterocycles. The van der Waals surface area contributed by atoms with Gasteiger partial charge in [-0.2, -0.15) is 0 Å². The van der Waals surface area contributed by atoms with Crippen LogP contribution in [0.5, 0.6) is 0 Å². The van der Waals surface area contributed by atoms with Crippen molar-refractivity contribution in [1.82, 2.24) is 0 Å². The van der Waals surface area contributed by atoms with Gasteiger partial charge in [-0.05, 0) is 0 Å². The molecule has 0 aromatic carbocycles. The van der Waals surface area contributed by atoms with Crippen LogP contribution in [0.4, 0.5) is 0 Å². The van der Waals surface area contributed by atoms with Crippen molar-refractivity contribution in [2.75, 3.05) is 6.61 Å². The van der Waals surface area contributed by atoms with Crippen molar-refractivity contribution in [2.24, 2.45) is 0 Å². The van der Waals surface area contributed by atoms with E-state index >= 15 is 0 Å². The third-order valence-corrected chi connectivity index (χ3v) is 2.06. The quantitative estimate of drug-likeness (QED) is 0.447. The zero-order chi connectivity index (χ0) is 6.24. The van der Waals surface area contributed by atoms with E-state index in [1.54, 1.807) is 0 Å². The second-order valence-corrected chi connectivity index (χ2v) is 3.26. The molecule has 0 saturated carbocycles. The average Bonchev–Trinajstić information content (AvgIpc) is 1.81. The first kappa shape index (κ1) is 8.60. The molecular formula is C6H15GaO. The maximum absolute atomic E-state index is 5.08. The van der Waals surface area contributed by atoms with E-state index in [1.165, 1.54) is 25.7 Å². The van der Waals surface area contributed by atoms with Crippen LogP contribution in [0, 0.1) is 0 Å². The van der Waals surface area contributed by atoms with Gasteiger partial charge in [-0.1, -0.05) is 0 Å². The summed E-state index contributed by atoms with van der Waals surface area (Å²) in [5.41, 5.74) is 0.